The number of anilines is 1. The second kappa shape index (κ2) is 10.6. The highest BCUT2D eigenvalue weighted by Gasteiger charge is 2.45. The first-order valence-corrected chi connectivity index (χ1v) is 14.3. The molecular formula is C29H37N5O4. The van der Waals surface area contributed by atoms with Crippen molar-refractivity contribution in [3.63, 3.8) is 0 Å². The molecule has 9 heteroatoms. The van der Waals surface area contributed by atoms with Crippen molar-refractivity contribution >= 4 is 34.9 Å². The van der Waals surface area contributed by atoms with Crippen molar-refractivity contribution < 1.29 is 14.7 Å². The van der Waals surface area contributed by atoms with Crippen molar-refractivity contribution in [3.05, 3.63) is 34.6 Å². The van der Waals surface area contributed by atoms with Gasteiger partial charge in [0.1, 0.15) is 6.54 Å². The number of aromatic nitrogens is 2. The predicted octanol–water partition coefficient (Wildman–Crippen LogP) is 4.02. The summed E-state index contributed by atoms with van der Waals surface area (Å²) in [4.78, 5) is 47.8. The first kappa shape index (κ1) is 25.2. The number of benzene rings is 1. The summed E-state index contributed by atoms with van der Waals surface area (Å²) < 4.78 is 1.87. The Morgan fingerprint density at radius 2 is 1.63 bits per heavy atom. The number of hydrogen-bond donors (Lipinski definition) is 2. The zero-order chi connectivity index (χ0) is 26.2. The number of carbonyl (C=O) groups is 2. The Kier molecular flexibility index (Phi) is 7.03. The average Bonchev–Trinajstić information content (AvgIpc) is 2.88. The van der Waals surface area contributed by atoms with Gasteiger partial charge in [-0.2, -0.15) is 0 Å². The minimum Gasteiger partial charge on any atom is -0.480 e. The molecule has 4 fully saturated rings. The Bertz CT molecular complexity index is 1280. The number of carbonyl (C=O) groups excluding carboxylic acids is 1. The van der Waals surface area contributed by atoms with Gasteiger partial charge in [-0.15, -0.1) is 0 Å². The maximum atomic E-state index is 13.8. The van der Waals surface area contributed by atoms with E-state index < -0.39 is 18.4 Å². The topological polar surface area (TPSA) is 117 Å². The molecule has 1 aromatic heterocycles. The summed E-state index contributed by atoms with van der Waals surface area (Å²) in [7, 11) is 0. The number of fused-ring (bicyclic) bond motifs is 5. The third-order valence-corrected chi connectivity index (χ3v) is 9.37. The van der Waals surface area contributed by atoms with Gasteiger partial charge in [0, 0.05) is 24.2 Å². The van der Waals surface area contributed by atoms with Crippen LogP contribution in [0.5, 0.6) is 0 Å². The van der Waals surface area contributed by atoms with Gasteiger partial charge in [-0.1, -0.05) is 37.8 Å². The van der Waals surface area contributed by atoms with E-state index in [0.29, 0.717) is 23.6 Å². The molecule has 6 rings (SSSR count). The van der Waals surface area contributed by atoms with Crippen molar-refractivity contribution in [1.82, 2.24) is 14.5 Å². The molecule has 0 spiro atoms. The Morgan fingerprint density at radius 1 is 0.947 bits per heavy atom. The number of para-hydroxylation sites is 2. The summed E-state index contributed by atoms with van der Waals surface area (Å²) in [6, 6.07) is 9.29. The van der Waals surface area contributed by atoms with Gasteiger partial charge >= 0.3 is 5.97 Å². The lowest BCUT2D eigenvalue weighted by atomic mass is 9.68. The van der Waals surface area contributed by atoms with Crippen LogP contribution in [0.25, 0.3) is 11.0 Å². The highest BCUT2D eigenvalue weighted by Crippen LogP contribution is 2.47. The van der Waals surface area contributed by atoms with Gasteiger partial charge in [-0.05, 0) is 68.9 Å². The van der Waals surface area contributed by atoms with Crippen LogP contribution in [-0.2, 0) is 9.59 Å². The molecule has 38 heavy (non-hydrogen) atoms. The van der Waals surface area contributed by atoms with Crippen LogP contribution in [-0.4, -0.2) is 62.3 Å². The van der Waals surface area contributed by atoms with Crippen LogP contribution in [0.15, 0.2) is 34.1 Å². The summed E-state index contributed by atoms with van der Waals surface area (Å²) in [5, 5.41) is 11.3. The fourth-order valence-corrected chi connectivity index (χ4v) is 8.09. The first-order chi connectivity index (χ1) is 18.5. The third-order valence-electron chi connectivity index (χ3n) is 9.37. The van der Waals surface area contributed by atoms with Crippen LogP contribution in [0.3, 0.4) is 0 Å². The number of rotatable bonds is 6. The van der Waals surface area contributed by atoms with Gasteiger partial charge in [-0.25, -0.2) is 4.98 Å². The smallest absolute Gasteiger partial charge is 0.325 e. The normalized spacial score (nSPS) is 31.4. The molecule has 5 atom stereocenters. The highest BCUT2D eigenvalue weighted by atomic mass is 16.4. The van der Waals surface area contributed by atoms with Crippen molar-refractivity contribution in [2.45, 2.75) is 94.8 Å². The molecule has 2 saturated carbocycles. The van der Waals surface area contributed by atoms with Gasteiger partial charge in [0.25, 0.3) is 11.5 Å². The molecule has 4 aliphatic rings. The number of amides is 1. The lowest BCUT2D eigenvalue weighted by Crippen LogP contribution is -2.58. The molecule has 9 nitrogen and oxygen atoms in total. The number of aliphatic carboxylic acids is 1. The second-order valence-corrected chi connectivity index (χ2v) is 11.8. The SMILES string of the molecule is O=C(O)CN=CC(=O)Nc1nc2ccccc2n([C@@H]2CC3CCC[C@H](C2)N3C2CC3CCCC(C3)C2)c1=O. The highest BCUT2D eigenvalue weighted by molar-refractivity contribution is 6.31. The molecule has 4 bridgehead atoms. The summed E-state index contributed by atoms with van der Waals surface area (Å²) in [6.07, 6.45) is 14.7. The summed E-state index contributed by atoms with van der Waals surface area (Å²) in [6.45, 7) is -0.507. The molecule has 0 radical (unpaired) electrons. The molecule has 1 aromatic carbocycles. The molecule has 2 N–H and O–H groups in total. The van der Waals surface area contributed by atoms with E-state index >= 15 is 0 Å². The summed E-state index contributed by atoms with van der Waals surface area (Å²) in [5.41, 5.74) is 1.13. The van der Waals surface area contributed by atoms with E-state index in [4.69, 9.17) is 5.11 Å². The Hall–Kier alpha value is -3.07. The minimum atomic E-state index is -1.13. The zero-order valence-electron chi connectivity index (χ0n) is 21.8. The lowest BCUT2D eigenvalue weighted by molar-refractivity contribution is -0.135. The van der Waals surface area contributed by atoms with Crippen molar-refractivity contribution in [3.8, 4) is 0 Å². The number of nitrogens with one attached hydrogen (secondary N) is 1. The number of piperidine rings is 2. The maximum Gasteiger partial charge on any atom is 0.325 e. The van der Waals surface area contributed by atoms with E-state index in [1.54, 1.807) is 0 Å². The van der Waals surface area contributed by atoms with Crippen LogP contribution in [0, 0.1) is 11.8 Å². The third kappa shape index (κ3) is 5.00. The molecular weight excluding hydrogens is 482 g/mol. The maximum absolute atomic E-state index is 13.8. The van der Waals surface area contributed by atoms with Gasteiger partial charge in [0.2, 0.25) is 0 Å². The van der Waals surface area contributed by atoms with E-state index in [9.17, 15) is 14.4 Å². The largest absolute Gasteiger partial charge is 0.480 e. The lowest BCUT2D eigenvalue weighted by Gasteiger charge is -2.55. The molecule has 3 heterocycles. The monoisotopic (exact) mass is 519 g/mol. The zero-order valence-corrected chi connectivity index (χ0v) is 21.8. The fourth-order valence-electron chi connectivity index (χ4n) is 8.09. The number of nitrogens with zero attached hydrogens (tertiary/aromatic N) is 4. The van der Waals surface area contributed by atoms with Crippen LogP contribution >= 0.6 is 0 Å². The Balaban J connectivity index is 1.28. The van der Waals surface area contributed by atoms with Gasteiger partial charge in [-0.3, -0.25) is 24.3 Å². The molecule has 1 amide bonds. The van der Waals surface area contributed by atoms with Crippen molar-refractivity contribution in [1.29, 1.82) is 0 Å². The summed E-state index contributed by atoms with van der Waals surface area (Å²) >= 11 is 0. The standard InChI is InChI=1S/C29H37N5O4/c35-26(16-30-17-27(36)37)32-28-29(38)34(25-10-2-1-9-24(25)31-28)23-14-20-7-4-8-21(15-23)33(20)22-12-18-5-3-6-19(11-18)13-22/h1-2,9-10,16,18-23H,3-8,11-15,17H2,(H,36,37)(H,31,32,35)/t18?,19?,20-,21?,22?,23+/m1/s1. The second-order valence-electron chi connectivity index (χ2n) is 11.8. The molecule has 2 aliphatic heterocycles. The molecule has 2 saturated heterocycles. The Labute approximate surface area is 222 Å². The Morgan fingerprint density at radius 3 is 2.34 bits per heavy atom. The number of hydrogen-bond acceptors (Lipinski definition) is 6. The summed E-state index contributed by atoms with van der Waals surface area (Å²) in [5.74, 6) is -0.0465. The minimum absolute atomic E-state index is 0.0387. The van der Waals surface area contributed by atoms with Crippen LogP contribution in [0.1, 0.15) is 76.7 Å². The molecule has 3 unspecified atom stereocenters. The van der Waals surface area contributed by atoms with E-state index in [0.717, 1.165) is 36.4 Å². The number of carboxylic acids is 1. The first-order valence-electron chi connectivity index (χ1n) is 14.3. The number of carboxylic acid groups (broad SMARTS) is 1. The van der Waals surface area contributed by atoms with Gasteiger partial charge in [0.15, 0.2) is 5.82 Å². The number of aliphatic imine (C=N–C) groups is 1. The van der Waals surface area contributed by atoms with Gasteiger partial charge < -0.3 is 15.0 Å². The quantitative estimate of drug-likeness (QED) is 0.557. The van der Waals surface area contributed by atoms with Gasteiger partial charge in [0.05, 0.1) is 17.2 Å². The van der Waals surface area contributed by atoms with E-state index in [1.807, 2.05) is 28.8 Å². The molecule has 2 aromatic rings. The van der Waals surface area contributed by atoms with Crippen LogP contribution in [0.2, 0.25) is 0 Å². The predicted molar refractivity (Wildman–Crippen MR) is 146 cm³/mol. The fraction of sp³-hybridized carbons (Fsp3) is 0.621. The van der Waals surface area contributed by atoms with Crippen LogP contribution < -0.4 is 10.9 Å². The molecule has 202 valence electrons. The van der Waals surface area contributed by atoms with Crippen molar-refractivity contribution in [2.75, 3.05) is 11.9 Å². The van der Waals surface area contributed by atoms with E-state index in [-0.39, 0.29) is 17.4 Å². The van der Waals surface area contributed by atoms with Crippen molar-refractivity contribution in [2.24, 2.45) is 16.8 Å². The van der Waals surface area contributed by atoms with Crippen LogP contribution in [0.4, 0.5) is 5.82 Å². The average molecular weight is 520 g/mol. The van der Waals surface area contributed by atoms with E-state index in [2.05, 4.69) is 20.2 Å². The molecule has 2 aliphatic carbocycles. The van der Waals surface area contributed by atoms with E-state index in [1.165, 1.54) is 57.8 Å².